The monoisotopic (exact) mass is 261 g/mol. The first kappa shape index (κ1) is 15.8. The Bertz CT molecular complexity index is 286. The van der Waals surface area contributed by atoms with E-state index in [0.29, 0.717) is 0 Å². The summed E-state index contributed by atoms with van der Waals surface area (Å²) < 4.78 is 9.81. The minimum Gasteiger partial charge on any atom is -0.460 e. The molecule has 1 atom stereocenters. The molecule has 0 bridgehead atoms. The minimum absolute atomic E-state index is 0.0963. The molecule has 6 heteroatoms. The number of carbonyl (C=O) groups excluding carboxylic acids is 2. The first-order chi connectivity index (χ1) is 7.80. The van der Waals surface area contributed by atoms with Gasteiger partial charge < -0.3 is 14.8 Å². The van der Waals surface area contributed by atoms with Gasteiger partial charge in [0.2, 0.25) is 0 Å². The van der Waals surface area contributed by atoms with Crippen LogP contribution in [0.1, 0.15) is 20.8 Å². The molecule has 0 aliphatic carbocycles. The zero-order chi connectivity index (χ0) is 13.5. The fourth-order valence-corrected chi connectivity index (χ4v) is 1.11. The Kier molecular flexibility index (Phi) is 6.72. The third-order valence-corrected chi connectivity index (χ3v) is 1.87. The van der Waals surface area contributed by atoms with Gasteiger partial charge in [-0.15, -0.1) is 0 Å². The van der Waals surface area contributed by atoms with Gasteiger partial charge in [-0.05, 0) is 20.8 Å². The van der Waals surface area contributed by atoms with Gasteiger partial charge in [0.15, 0.2) is 0 Å². The molecule has 0 fully saturated rings. The van der Waals surface area contributed by atoms with Crippen molar-refractivity contribution in [2.45, 2.75) is 32.4 Å². The lowest BCUT2D eigenvalue weighted by molar-refractivity contribution is -0.144. The van der Waals surface area contributed by atoms with Crippen LogP contribution >= 0.6 is 12.6 Å². The van der Waals surface area contributed by atoms with Gasteiger partial charge in [0.1, 0.15) is 18.2 Å². The predicted molar refractivity (Wildman–Crippen MR) is 68.2 cm³/mol. The standard InChI is InChI=1S/C11H19NO4S/c1-5-6-15-9(13)8(7-17)12-10(14)16-11(2,3)4/h5,8,17H,1,6-7H2,2-4H3,(H,12,14)/t8-/m1/s1. The molecule has 17 heavy (non-hydrogen) atoms. The summed E-state index contributed by atoms with van der Waals surface area (Å²) in [5.41, 5.74) is -0.615. The molecule has 0 rings (SSSR count). The van der Waals surface area contributed by atoms with Crippen LogP contribution in [-0.4, -0.2) is 36.1 Å². The summed E-state index contributed by atoms with van der Waals surface area (Å²) in [5, 5.41) is 2.39. The average molecular weight is 261 g/mol. The third-order valence-electron chi connectivity index (χ3n) is 1.50. The molecule has 98 valence electrons. The number of carbonyl (C=O) groups is 2. The van der Waals surface area contributed by atoms with Crippen molar-refractivity contribution in [1.82, 2.24) is 5.32 Å². The maximum absolute atomic E-state index is 11.4. The van der Waals surface area contributed by atoms with Crippen molar-refractivity contribution in [2.75, 3.05) is 12.4 Å². The number of nitrogens with one attached hydrogen (secondary N) is 1. The molecule has 1 N–H and O–H groups in total. The average Bonchev–Trinajstić information content (AvgIpc) is 2.19. The van der Waals surface area contributed by atoms with Crippen LogP contribution in [0.2, 0.25) is 0 Å². The van der Waals surface area contributed by atoms with E-state index in [-0.39, 0.29) is 12.4 Å². The number of hydrogen-bond donors (Lipinski definition) is 2. The maximum Gasteiger partial charge on any atom is 0.408 e. The van der Waals surface area contributed by atoms with E-state index in [1.807, 2.05) is 0 Å². The minimum atomic E-state index is -0.826. The van der Waals surface area contributed by atoms with Gasteiger partial charge >= 0.3 is 12.1 Å². The van der Waals surface area contributed by atoms with E-state index in [1.165, 1.54) is 6.08 Å². The highest BCUT2D eigenvalue weighted by Crippen LogP contribution is 2.07. The largest absolute Gasteiger partial charge is 0.460 e. The van der Waals surface area contributed by atoms with E-state index >= 15 is 0 Å². The van der Waals surface area contributed by atoms with Crippen LogP contribution in [0, 0.1) is 0 Å². The van der Waals surface area contributed by atoms with Crippen LogP contribution < -0.4 is 5.32 Å². The Balaban J connectivity index is 4.25. The number of esters is 1. The van der Waals surface area contributed by atoms with Crippen LogP contribution in [0.15, 0.2) is 12.7 Å². The molecule has 5 nitrogen and oxygen atoms in total. The summed E-state index contributed by atoms with van der Waals surface area (Å²) in [4.78, 5) is 22.9. The summed E-state index contributed by atoms with van der Waals surface area (Å²) in [7, 11) is 0. The molecule has 0 aromatic carbocycles. The second kappa shape index (κ2) is 7.21. The van der Waals surface area contributed by atoms with Gasteiger partial charge in [-0.1, -0.05) is 12.7 Å². The second-order valence-electron chi connectivity index (χ2n) is 4.30. The highest BCUT2D eigenvalue weighted by atomic mass is 32.1. The lowest BCUT2D eigenvalue weighted by Gasteiger charge is -2.22. The maximum atomic E-state index is 11.4. The molecule has 0 saturated carbocycles. The normalized spacial score (nSPS) is 12.5. The van der Waals surface area contributed by atoms with Gasteiger partial charge in [0.05, 0.1) is 0 Å². The highest BCUT2D eigenvalue weighted by molar-refractivity contribution is 7.80. The number of alkyl carbamates (subject to hydrolysis) is 1. The van der Waals surface area contributed by atoms with Crippen molar-refractivity contribution in [3.63, 3.8) is 0 Å². The predicted octanol–water partition coefficient (Wildman–Crippen LogP) is 1.54. The van der Waals surface area contributed by atoms with Crippen molar-refractivity contribution in [3.8, 4) is 0 Å². The number of rotatable bonds is 5. The molecular weight excluding hydrogens is 242 g/mol. The molecule has 0 heterocycles. The Hall–Kier alpha value is -1.17. The molecule has 0 aromatic heterocycles. The second-order valence-corrected chi connectivity index (χ2v) is 4.67. The van der Waals surface area contributed by atoms with E-state index < -0.39 is 23.7 Å². The van der Waals surface area contributed by atoms with Crippen LogP contribution in [0.3, 0.4) is 0 Å². The van der Waals surface area contributed by atoms with Gasteiger partial charge in [-0.3, -0.25) is 0 Å². The van der Waals surface area contributed by atoms with E-state index in [1.54, 1.807) is 20.8 Å². The van der Waals surface area contributed by atoms with Crippen LogP contribution in [0.5, 0.6) is 0 Å². The summed E-state index contributed by atoms with van der Waals surface area (Å²) in [5.74, 6) is -0.430. The van der Waals surface area contributed by atoms with E-state index in [9.17, 15) is 9.59 Å². The van der Waals surface area contributed by atoms with Crippen molar-refractivity contribution < 1.29 is 19.1 Å². The quantitative estimate of drug-likeness (QED) is 0.447. The fraction of sp³-hybridized carbons (Fsp3) is 0.636. The number of hydrogen-bond acceptors (Lipinski definition) is 5. The van der Waals surface area contributed by atoms with Crippen molar-refractivity contribution in [1.29, 1.82) is 0 Å². The van der Waals surface area contributed by atoms with Gasteiger partial charge in [-0.2, -0.15) is 12.6 Å². The summed E-state index contributed by atoms with van der Waals surface area (Å²) in [6.45, 7) is 8.72. The number of ether oxygens (including phenoxy) is 2. The topological polar surface area (TPSA) is 64.6 Å². The van der Waals surface area contributed by atoms with Crippen LogP contribution in [-0.2, 0) is 14.3 Å². The van der Waals surface area contributed by atoms with E-state index in [2.05, 4.69) is 24.5 Å². The fourth-order valence-electron chi connectivity index (χ4n) is 0.871. The molecule has 0 radical (unpaired) electrons. The van der Waals surface area contributed by atoms with Crippen molar-refractivity contribution in [3.05, 3.63) is 12.7 Å². The summed E-state index contributed by atoms with van der Waals surface area (Å²) in [6, 6.07) is -0.826. The molecule has 0 aliphatic heterocycles. The summed E-state index contributed by atoms with van der Waals surface area (Å²) >= 11 is 3.97. The first-order valence-corrected chi connectivity index (χ1v) is 5.81. The zero-order valence-electron chi connectivity index (χ0n) is 10.4. The van der Waals surface area contributed by atoms with E-state index in [4.69, 9.17) is 9.47 Å². The Labute approximate surface area is 107 Å². The Morgan fingerprint density at radius 2 is 2.06 bits per heavy atom. The Morgan fingerprint density at radius 3 is 2.47 bits per heavy atom. The van der Waals surface area contributed by atoms with Gasteiger partial charge in [-0.25, -0.2) is 9.59 Å². The molecule has 0 aliphatic rings. The van der Waals surface area contributed by atoms with E-state index in [0.717, 1.165) is 0 Å². The number of thiol groups is 1. The first-order valence-electron chi connectivity index (χ1n) is 5.18. The lowest BCUT2D eigenvalue weighted by atomic mass is 10.2. The summed E-state index contributed by atoms with van der Waals surface area (Å²) in [6.07, 6.45) is 0.771. The van der Waals surface area contributed by atoms with Gasteiger partial charge in [0.25, 0.3) is 0 Å². The molecular formula is C11H19NO4S. The molecule has 0 spiro atoms. The number of amides is 1. The molecule has 1 amide bonds. The smallest absolute Gasteiger partial charge is 0.408 e. The Morgan fingerprint density at radius 1 is 1.47 bits per heavy atom. The molecule has 0 unspecified atom stereocenters. The highest BCUT2D eigenvalue weighted by Gasteiger charge is 2.24. The van der Waals surface area contributed by atoms with Crippen LogP contribution in [0.25, 0.3) is 0 Å². The van der Waals surface area contributed by atoms with Gasteiger partial charge in [0, 0.05) is 5.75 Å². The van der Waals surface area contributed by atoms with Crippen molar-refractivity contribution >= 4 is 24.7 Å². The van der Waals surface area contributed by atoms with Crippen LogP contribution in [0.4, 0.5) is 4.79 Å². The zero-order valence-corrected chi connectivity index (χ0v) is 11.3. The third kappa shape index (κ3) is 7.68. The molecule has 0 aromatic rings. The SMILES string of the molecule is C=CCOC(=O)[C@@H](CS)NC(=O)OC(C)(C)C. The lowest BCUT2D eigenvalue weighted by Crippen LogP contribution is -2.45. The van der Waals surface area contributed by atoms with Crippen molar-refractivity contribution in [2.24, 2.45) is 0 Å². The molecule has 0 saturated heterocycles.